The molecule has 15 nitrogen and oxygen atoms in total. The fraction of sp³-hybridized carbons (Fsp3) is 0.360. The minimum absolute atomic E-state index is 0.0290. The van der Waals surface area contributed by atoms with E-state index >= 15 is 0 Å². The second-order valence-corrected chi connectivity index (χ2v) is 11.8. The monoisotopic (exact) mass is 622 g/mol. The van der Waals surface area contributed by atoms with Gasteiger partial charge in [-0.25, -0.2) is 9.55 Å². The Morgan fingerprint density at radius 1 is 1.26 bits per heavy atom. The van der Waals surface area contributed by atoms with Crippen molar-refractivity contribution in [2.45, 2.75) is 43.9 Å². The molecule has 2 aromatic heterocycles. The zero-order valence-corrected chi connectivity index (χ0v) is 24.2. The van der Waals surface area contributed by atoms with Gasteiger partial charge in [0.25, 0.3) is 0 Å². The van der Waals surface area contributed by atoms with Crippen LogP contribution in [0.15, 0.2) is 42.5 Å². The quantitative estimate of drug-likeness (QED) is 0.127. The number of nitrogen functional groups attached to an aromatic ring is 1. The van der Waals surface area contributed by atoms with E-state index in [1.54, 1.807) is 24.3 Å². The SMILES string of the molecule is COc1nc(N)nc2c1nc(Cl)n2[C@@H]1O[C@H](COP(=O)(NC(C)C(=O)O)Oc2cccc3ccccc23)[C@@H](O)[C@@]1(C)O. The summed E-state index contributed by atoms with van der Waals surface area (Å²) in [6.07, 6.45) is -4.28. The number of nitrogens with two attached hydrogens (primary N) is 1. The molecule has 0 aliphatic carbocycles. The average molecular weight is 623 g/mol. The van der Waals surface area contributed by atoms with E-state index < -0.39 is 50.4 Å². The number of hydrogen-bond donors (Lipinski definition) is 5. The molecule has 3 heterocycles. The molecule has 1 saturated heterocycles. The number of halogens is 1. The molecule has 224 valence electrons. The lowest BCUT2D eigenvalue weighted by Crippen LogP contribution is -2.44. The highest BCUT2D eigenvalue weighted by molar-refractivity contribution is 7.52. The number of carboxylic acid groups (broad SMARTS) is 1. The fourth-order valence-electron chi connectivity index (χ4n) is 4.60. The largest absolute Gasteiger partial charge is 0.480 e. The minimum atomic E-state index is -4.42. The molecule has 1 fully saturated rings. The number of hydrogen-bond acceptors (Lipinski definition) is 12. The van der Waals surface area contributed by atoms with Crippen molar-refractivity contribution in [3.05, 3.63) is 47.7 Å². The van der Waals surface area contributed by atoms with Gasteiger partial charge >= 0.3 is 13.7 Å². The lowest BCUT2D eigenvalue weighted by Gasteiger charge is -2.27. The Hall–Kier alpha value is -3.56. The fourth-order valence-corrected chi connectivity index (χ4v) is 6.38. The third-order valence-corrected chi connectivity index (χ3v) is 8.66. The molecule has 2 unspecified atom stereocenters. The Bertz CT molecular complexity index is 1700. The van der Waals surface area contributed by atoms with Crippen LogP contribution in [-0.2, 0) is 18.6 Å². The number of fused-ring (bicyclic) bond motifs is 2. The van der Waals surface area contributed by atoms with Crippen LogP contribution in [0.25, 0.3) is 21.9 Å². The number of imidazole rings is 1. The standard InChI is InChI=1S/C25H28ClN6O9P/c1-12(21(34)35)31-42(37,41-15-10-6-8-13-7-4-5-9-14(13)15)39-11-16-18(33)25(2,36)22(40-16)32-19-17(28-23(32)26)20(38-3)30-24(27)29-19/h4-10,12,16,18,22,33,36H,11H2,1-3H3,(H,31,37)(H,34,35)(H2,27,29,30)/t12?,16-,18-,22-,25-,42?/m1/s1. The van der Waals surface area contributed by atoms with Gasteiger partial charge in [0, 0.05) is 5.39 Å². The van der Waals surface area contributed by atoms with E-state index in [1.165, 1.54) is 25.5 Å². The number of rotatable bonds is 10. The van der Waals surface area contributed by atoms with Gasteiger partial charge in [0.2, 0.25) is 17.1 Å². The molecule has 4 aromatic rings. The molecule has 42 heavy (non-hydrogen) atoms. The number of aromatic nitrogens is 4. The van der Waals surface area contributed by atoms with E-state index in [2.05, 4.69) is 20.0 Å². The molecule has 6 N–H and O–H groups in total. The number of aliphatic carboxylic acids is 1. The summed E-state index contributed by atoms with van der Waals surface area (Å²) in [5.41, 5.74) is 3.99. The number of aliphatic hydroxyl groups excluding tert-OH is 1. The summed E-state index contributed by atoms with van der Waals surface area (Å²) in [5.74, 6) is -1.28. The van der Waals surface area contributed by atoms with Crippen molar-refractivity contribution < 1.29 is 43.2 Å². The van der Waals surface area contributed by atoms with E-state index in [-0.39, 0.29) is 34.0 Å². The zero-order chi connectivity index (χ0) is 30.4. The van der Waals surface area contributed by atoms with Gasteiger partial charge in [-0.05, 0) is 36.9 Å². The maximum absolute atomic E-state index is 13.9. The highest BCUT2D eigenvalue weighted by Gasteiger charge is 2.55. The van der Waals surface area contributed by atoms with Crippen LogP contribution in [-0.4, -0.2) is 78.4 Å². The van der Waals surface area contributed by atoms with Gasteiger partial charge in [-0.2, -0.15) is 15.1 Å². The van der Waals surface area contributed by atoms with Gasteiger partial charge in [-0.1, -0.05) is 36.4 Å². The van der Waals surface area contributed by atoms with Crippen LogP contribution >= 0.6 is 19.3 Å². The molecule has 6 atom stereocenters. The lowest BCUT2D eigenvalue weighted by atomic mass is 9.96. The van der Waals surface area contributed by atoms with Crippen molar-refractivity contribution in [2.75, 3.05) is 19.5 Å². The molecule has 0 amide bonds. The lowest BCUT2D eigenvalue weighted by molar-refractivity contribution is -0.138. The number of carboxylic acids is 1. The molecule has 17 heteroatoms. The Balaban J connectivity index is 1.44. The zero-order valence-electron chi connectivity index (χ0n) is 22.5. The Labute approximate surface area is 243 Å². The molecule has 0 saturated carbocycles. The summed E-state index contributed by atoms with van der Waals surface area (Å²) < 4.78 is 37.7. The van der Waals surface area contributed by atoms with Crippen molar-refractivity contribution in [3.8, 4) is 11.6 Å². The van der Waals surface area contributed by atoms with Crippen molar-refractivity contribution >= 4 is 53.2 Å². The number of aliphatic hydroxyl groups is 2. The van der Waals surface area contributed by atoms with Crippen LogP contribution in [0.5, 0.6) is 11.6 Å². The van der Waals surface area contributed by atoms with Crippen molar-refractivity contribution in [1.29, 1.82) is 0 Å². The van der Waals surface area contributed by atoms with E-state index in [9.17, 15) is 24.7 Å². The van der Waals surface area contributed by atoms with E-state index in [0.717, 1.165) is 5.39 Å². The summed E-state index contributed by atoms with van der Waals surface area (Å²) in [6, 6.07) is 10.9. The molecule has 0 spiro atoms. The van der Waals surface area contributed by atoms with Gasteiger partial charge in [-0.3, -0.25) is 13.9 Å². The average Bonchev–Trinajstić information content (AvgIpc) is 3.38. The second-order valence-electron chi connectivity index (χ2n) is 9.76. The number of anilines is 1. The molecule has 0 bridgehead atoms. The number of nitrogens with one attached hydrogen (secondary N) is 1. The molecular weight excluding hydrogens is 595 g/mol. The Morgan fingerprint density at radius 3 is 2.69 bits per heavy atom. The van der Waals surface area contributed by atoms with E-state index in [0.29, 0.717) is 5.39 Å². The van der Waals surface area contributed by atoms with Crippen LogP contribution in [0, 0.1) is 0 Å². The number of carbonyl (C=O) groups is 1. The van der Waals surface area contributed by atoms with Crippen LogP contribution in [0.1, 0.15) is 20.1 Å². The van der Waals surface area contributed by atoms with Crippen molar-refractivity contribution in [2.24, 2.45) is 0 Å². The van der Waals surface area contributed by atoms with Gasteiger partial charge in [0.15, 0.2) is 17.4 Å². The Kier molecular flexibility index (Phi) is 8.02. The first-order valence-corrected chi connectivity index (χ1v) is 14.5. The summed E-state index contributed by atoms with van der Waals surface area (Å²) in [6.45, 7) is 1.96. The highest BCUT2D eigenvalue weighted by Crippen LogP contribution is 2.49. The first kappa shape index (κ1) is 29.9. The van der Waals surface area contributed by atoms with Crippen LogP contribution < -0.4 is 20.1 Å². The summed E-state index contributed by atoms with van der Waals surface area (Å²) in [5, 5.41) is 35.4. The van der Waals surface area contributed by atoms with Gasteiger partial charge in [0.1, 0.15) is 29.6 Å². The maximum Gasteiger partial charge on any atom is 0.459 e. The summed E-state index contributed by atoms with van der Waals surface area (Å²) in [4.78, 5) is 23.9. The van der Waals surface area contributed by atoms with Crippen LogP contribution in [0.2, 0.25) is 5.28 Å². The number of benzene rings is 2. The van der Waals surface area contributed by atoms with E-state index in [4.69, 9.17) is 35.9 Å². The third-order valence-electron chi connectivity index (χ3n) is 6.76. The normalized spacial score (nSPS) is 24.5. The second kappa shape index (κ2) is 11.3. The maximum atomic E-state index is 13.9. The Morgan fingerprint density at radius 2 is 1.98 bits per heavy atom. The number of methoxy groups -OCH3 is 1. The highest BCUT2D eigenvalue weighted by atomic mass is 35.5. The van der Waals surface area contributed by atoms with Crippen LogP contribution in [0.4, 0.5) is 5.95 Å². The first-order valence-electron chi connectivity index (χ1n) is 12.6. The first-order chi connectivity index (χ1) is 19.8. The molecule has 5 rings (SSSR count). The van der Waals surface area contributed by atoms with Crippen molar-refractivity contribution in [3.63, 3.8) is 0 Å². The van der Waals surface area contributed by atoms with Gasteiger partial charge in [-0.15, -0.1) is 0 Å². The van der Waals surface area contributed by atoms with Crippen molar-refractivity contribution in [1.82, 2.24) is 24.6 Å². The predicted octanol–water partition coefficient (Wildman–Crippen LogP) is 2.50. The molecule has 1 aliphatic rings. The topological polar surface area (TPSA) is 213 Å². The number of nitrogens with zero attached hydrogens (tertiary/aromatic N) is 4. The molecule has 1 aliphatic heterocycles. The predicted molar refractivity (Wildman–Crippen MR) is 150 cm³/mol. The summed E-state index contributed by atoms with van der Waals surface area (Å²) in [7, 11) is -3.07. The molecule has 0 radical (unpaired) electrons. The van der Waals surface area contributed by atoms with Gasteiger partial charge < -0.3 is 35.1 Å². The third kappa shape index (κ3) is 5.47. The molecule has 2 aromatic carbocycles. The smallest absolute Gasteiger partial charge is 0.459 e. The van der Waals surface area contributed by atoms with E-state index in [1.807, 2.05) is 18.2 Å². The summed E-state index contributed by atoms with van der Waals surface area (Å²) >= 11 is 6.38. The minimum Gasteiger partial charge on any atom is -0.480 e. The van der Waals surface area contributed by atoms with Gasteiger partial charge in [0.05, 0.1) is 13.7 Å². The number of ether oxygens (including phenoxy) is 2. The van der Waals surface area contributed by atoms with Crippen LogP contribution in [0.3, 0.4) is 0 Å². The molecular formula is C25H28ClN6O9P.